The van der Waals surface area contributed by atoms with Crippen LogP contribution >= 0.6 is 11.3 Å². The Morgan fingerprint density at radius 3 is 2.88 bits per heavy atom. The van der Waals surface area contributed by atoms with Crippen molar-refractivity contribution in [2.24, 2.45) is 5.92 Å². The van der Waals surface area contributed by atoms with Crippen molar-refractivity contribution in [1.29, 1.82) is 5.26 Å². The summed E-state index contributed by atoms with van der Waals surface area (Å²) in [6, 6.07) is 6.61. The summed E-state index contributed by atoms with van der Waals surface area (Å²) >= 11 is 1.62. The van der Waals surface area contributed by atoms with Crippen LogP contribution in [0.3, 0.4) is 0 Å². The molecule has 8 heteroatoms. The Kier molecular flexibility index (Phi) is 4.71. The Morgan fingerprint density at radius 2 is 2.15 bits per heavy atom. The second kappa shape index (κ2) is 7.30. The zero-order chi connectivity index (χ0) is 17.9. The molecule has 1 fully saturated rings. The van der Waals surface area contributed by atoms with E-state index in [1.54, 1.807) is 11.3 Å². The van der Waals surface area contributed by atoms with Gasteiger partial charge in [-0.1, -0.05) is 0 Å². The minimum Gasteiger partial charge on any atom is -0.351 e. The number of rotatable bonds is 5. The van der Waals surface area contributed by atoms with E-state index in [1.807, 2.05) is 24.4 Å². The number of fused-ring (bicyclic) bond motifs is 1. The molecule has 0 radical (unpaired) electrons. The smallest absolute Gasteiger partial charge is 0.225 e. The number of hydrogen-bond acceptors (Lipinski definition) is 7. The van der Waals surface area contributed by atoms with Crippen molar-refractivity contribution >= 4 is 39.1 Å². The van der Waals surface area contributed by atoms with Crippen LogP contribution in [-0.4, -0.2) is 26.2 Å². The topological polar surface area (TPSA) is 102 Å². The maximum absolute atomic E-state index is 8.85. The molecular weight excluding hydrogens is 346 g/mol. The molecule has 0 atom stereocenters. The van der Waals surface area contributed by atoms with Gasteiger partial charge in [0.2, 0.25) is 5.95 Å². The van der Waals surface area contributed by atoms with E-state index < -0.39 is 0 Å². The summed E-state index contributed by atoms with van der Waals surface area (Å²) in [6.45, 7) is 1.97. The zero-order valence-electron chi connectivity index (χ0n) is 14.6. The number of hydrogen-bond donors (Lipinski definition) is 3. The standard InChI is InChI=1S/C18H21N7S/c1-11-10-15(25-24-11)22-17-16-14(7-9-26-16)21-18(23-17)20-13-4-2-12(3-5-13)6-8-19/h7,9-10,12-13H,2-6H2,1H3,(H3,20,21,22,23,24,25)/t12-,13-. The number of anilines is 3. The lowest BCUT2D eigenvalue weighted by Gasteiger charge is -2.27. The number of H-pyrrole nitrogens is 1. The molecule has 1 saturated carbocycles. The van der Waals surface area contributed by atoms with Crippen molar-refractivity contribution in [3.05, 3.63) is 23.2 Å². The van der Waals surface area contributed by atoms with E-state index in [4.69, 9.17) is 10.2 Å². The number of nitrogens with zero attached hydrogens (tertiary/aromatic N) is 4. The number of aromatic amines is 1. The summed E-state index contributed by atoms with van der Waals surface area (Å²) in [7, 11) is 0. The van der Waals surface area contributed by atoms with E-state index in [0.717, 1.165) is 53.2 Å². The molecule has 134 valence electrons. The van der Waals surface area contributed by atoms with Crippen molar-refractivity contribution in [3.8, 4) is 6.07 Å². The molecule has 0 amide bonds. The first-order valence-electron chi connectivity index (χ1n) is 8.89. The van der Waals surface area contributed by atoms with Gasteiger partial charge in [-0.15, -0.1) is 11.3 Å². The van der Waals surface area contributed by atoms with Crippen LogP contribution in [0.5, 0.6) is 0 Å². The highest BCUT2D eigenvalue weighted by molar-refractivity contribution is 7.17. The molecule has 0 saturated heterocycles. The molecule has 3 aromatic heterocycles. The fourth-order valence-corrected chi connectivity index (χ4v) is 4.21. The Morgan fingerprint density at radius 1 is 1.31 bits per heavy atom. The first kappa shape index (κ1) is 16.8. The summed E-state index contributed by atoms with van der Waals surface area (Å²) in [6.07, 6.45) is 4.95. The van der Waals surface area contributed by atoms with Crippen LogP contribution in [-0.2, 0) is 0 Å². The number of aromatic nitrogens is 4. The van der Waals surface area contributed by atoms with Crippen LogP contribution < -0.4 is 10.6 Å². The maximum Gasteiger partial charge on any atom is 0.225 e. The Hall–Kier alpha value is -2.66. The Balaban J connectivity index is 1.52. The largest absolute Gasteiger partial charge is 0.351 e. The van der Waals surface area contributed by atoms with Gasteiger partial charge in [0.1, 0.15) is 0 Å². The predicted octanol–water partition coefficient (Wildman–Crippen LogP) is 4.35. The fraction of sp³-hybridized carbons (Fsp3) is 0.444. The third-order valence-corrected chi connectivity index (χ3v) is 5.73. The SMILES string of the molecule is Cc1cc(Nc2nc(N[C@H]3CC[C@H](CC#N)CC3)nc3ccsc23)n[nH]1. The van der Waals surface area contributed by atoms with Gasteiger partial charge in [0, 0.05) is 24.2 Å². The van der Waals surface area contributed by atoms with Crippen molar-refractivity contribution in [2.75, 3.05) is 10.6 Å². The van der Waals surface area contributed by atoms with Crippen molar-refractivity contribution in [1.82, 2.24) is 20.2 Å². The van der Waals surface area contributed by atoms with Gasteiger partial charge in [-0.25, -0.2) is 4.98 Å². The normalized spacial score (nSPS) is 20.0. The lowest BCUT2D eigenvalue weighted by Crippen LogP contribution is -2.27. The number of nitriles is 1. The molecule has 3 heterocycles. The second-order valence-electron chi connectivity index (χ2n) is 6.82. The third kappa shape index (κ3) is 3.63. The number of nitrogens with one attached hydrogen (secondary N) is 3. The van der Waals surface area contributed by atoms with E-state index in [2.05, 4.69) is 31.9 Å². The van der Waals surface area contributed by atoms with Crippen LogP contribution in [0, 0.1) is 24.2 Å². The molecule has 3 N–H and O–H groups in total. The van der Waals surface area contributed by atoms with Gasteiger partial charge >= 0.3 is 0 Å². The summed E-state index contributed by atoms with van der Waals surface area (Å²) in [5.74, 6) is 2.71. The van der Waals surface area contributed by atoms with Crippen LogP contribution in [0.15, 0.2) is 17.5 Å². The Bertz CT molecular complexity index is 931. The van der Waals surface area contributed by atoms with E-state index in [-0.39, 0.29) is 0 Å². The molecule has 0 spiro atoms. The fourth-order valence-electron chi connectivity index (χ4n) is 3.44. The quantitative estimate of drug-likeness (QED) is 0.619. The van der Waals surface area contributed by atoms with Gasteiger partial charge < -0.3 is 10.6 Å². The lowest BCUT2D eigenvalue weighted by atomic mass is 9.84. The van der Waals surface area contributed by atoms with E-state index in [9.17, 15) is 0 Å². The van der Waals surface area contributed by atoms with Crippen LogP contribution in [0.25, 0.3) is 10.2 Å². The molecule has 1 aliphatic rings. The number of aryl methyl sites for hydroxylation is 1. The zero-order valence-corrected chi connectivity index (χ0v) is 15.4. The van der Waals surface area contributed by atoms with E-state index in [1.165, 1.54) is 0 Å². The van der Waals surface area contributed by atoms with Gasteiger partial charge in [0.15, 0.2) is 11.6 Å². The first-order valence-corrected chi connectivity index (χ1v) is 9.77. The van der Waals surface area contributed by atoms with Crippen LogP contribution in [0.1, 0.15) is 37.8 Å². The van der Waals surface area contributed by atoms with Crippen molar-refractivity contribution in [3.63, 3.8) is 0 Å². The van der Waals surface area contributed by atoms with E-state index >= 15 is 0 Å². The van der Waals surface area contributed by atoms with Gasteiger partial charge in [-0.2, -0.15) is 15.3 Å². The van der Waals surface area contributed by atoms with Gasteiger partial charge in [0.25, 0.3) is 0 Å². The van der Waals surface area contributed by atoms with Crippen molar-refractivity contribution in [2.45, 2.75) is 45.1 Å². The minimum atomic E-state index is 0.363. The summed E-state index contributed by atoms with van der Waals surface area (Å²) in [5, 5.41) is 24.8. The molecule has 0 aromatic carbocycles. The molecule has 4 rings (SSSR count). The van der Waals surface area contributed by atoms with Crippen molar-refractivity contribution < 1.29 is 0 Å². The molecule has 3 aromatic rings. The summed E-state index contributed by atoms with van der Waals surface area (Å²) in [5.41, 5.74) is 1.93. The average molecular weight is 367 g/mol. The molecule has 0 aliphatic heterocycles. The van der Waals surface area contributed by atoms with Gasteiger partial charge in [0.05, 0.1) is 16.3 Å². The molecule has 0 unspecified atom stereocenters. The van der Waals surface area contributed by atoms with Crippen LogP contribution in [0.2, 0.25) is 0 Å². The summed E-state index contributed by atoms with van der Waals surface area (Å²) in [4.78, 5) is 9.36. The molecular formula is C18H21N7S. The molecule has 0 bridgehead atoms. The third-order valence-electron chi connectivity index (χ3n) is 4.82. The van der Waals surface area contributed by atoms with Gasteiger partial charge in [-0.3, -0.25) is 5.10 Å². The summed E-state index contributed by atoms with van der Waals surface area (Å²) < 4.78 is 1.02. The highest BCUT2D eigenvalue weighted by atomic mass is 32.1. The van der Waals surface area contributed by atoms with E-state index in [0.29, 0.717) is 24.3 Å². The number of thiophene rings is 1. The highest BCUT2D eigenvalue weighted by Gasteiger charge is 2.22. The average Bonchev–Trinajstić information content (AvgIpc) is 3.26. The lowest BCUT2D eigenvalue weighted by molar-refractivity contribution is 0.342. The molecule has 26 heavy (non-hydrogen) atoms. The van der Waals surface area contributed by atoms with Gasteiger partial charge in [-0.05, 0) is 50.0 Å². The molecule has 7 nitrogen and oxygen atoms in total. The maximum atomic E-state index is 8.85. The minimum absolute atomic E-state index is 0.363. The highest BCUT2D eigenvalue weighted by Crippen LogP contribution is 2.31. The molecule has 1 aliphatic carbocycles. The first-order chi connectivity index (χ1) is 12.7. The Labute approximate surface area is 155 Å². The predicted molar refractivity (Wildman–Crippen MR) is 104 cm³/mol. The monoisotopic (exact) mass is 367 g/mol. The van der Waals surface area contributed by atoms with Crippen LogP contribution in [0.4, 0.5) is 17.6 Å². The second-order valence-corrected chi connectivity index (χ2v) is 7.73.